The third-order valence-electron chi connectivity index (χ3n) is 4.92. The summed E-state index contributed by atoms with van der Waals surface area (Å²) in [5.41, 5.74) is 5.10. The summed E-state index contributed by atoms with van der Waals surface area (Å²) in [6.45, 7) is 5.07. The van der Waals surface area contributed by atoms with Crippen LogP contribution in [0.4, 0.5) is 0 Å². The van der Waals surface area contributed by atoms with Gasteiger partial charge in [-0.1, -0.05) is 0 Å². The molecule has 2 bridgehead atoms. The largest absolute Gasteiger partial charge is 0.288 e. The van der Waals surface area contributed by atoms with Crippen LogP contribution < -0.4 is 0 Å². The number of fused-ring (bicyclic) bond motifs is 4. The quantitative estimate of drug-likeness (QED) is 0.846. The van der Waals surface area contributed by atoms with Gasteiger partial charge in [0.2, 0.25) is 0 Å². The molecule has 0 aromatic carbocycles. The normalized spacial score (nSPS) is 24.3. The first kappa shape index (κ1) is 13.0. The van der Waals surface area contributed by atoms with Crippen LogP contribution in [-0.4, -0.2) is 30.7 Å². The van der Waals surface area contributed by atoms with Gasteiger partial charge in [0, 0.05) is 55.6 Å². The van der Waals surface area contributed by atoms with E-state index in [1.165, 1.54) is 29.7 Å². The minimum Gasteiger partial charge on any atom is -0.288 e. The standard InChI is InChI=1S/C16H21N5/c1-10-12(8-20(3)19-10)9-21-13-4-5-16(21)14-7-17-11(2)18-15(14)6-13/h7-8,13,16H,4-6,9H2,1-3H3/t13-,16-/m1/s1. The third kappa shape index (κ3) is 2.07. The molecule has 2 aliphatic rings. The maximum absolute atomic E-state index is 4.66. The van der Waals surface area contributed by atoms with E-state index in [9.17, 15) is 0 Å². The molecule has 0 unspecified atom stereocenters. The van der Waals surface area contributed by atoms with Gasteiger partial charge in [-0.15, -0.1) is 0 Å². The van der Waals surface area contributed by atoms with Crippen LogP contribution in [0.25, 0.3) is 0 Å². The van der Waals surface area contributed by atoms with E-state index in [1.807, 2.05) is 24.9 Å². The molecular weight excluding hydrogens is 262 g/mol. The Bertz CT molecular complexity index is 690. The second-order valence-corrected chi connectivity index (χ2v) is 6.36. The Kier molecular flexibility index (Phi) is 2.85. The fourth-order valence-corrected chi connectivity index (χ4v) is 3.92. The average molecular weight is 283 g/mol. The van der Waals surface area contributed by atoms with Gasteiger partial charge in [-0.2, -0.15) is 5.10 Å². The van der Waals surface area contributed by atoms with Crippen molar-refractivity contribution in [3.8, 4) is 0 Å². The molecule has 2 aromatic rings. The van der Waals surface area contributed by atoms with Gasteiger partial charge in [-0.25, -0.2) is 9.97 Å². The van der Waals surface area contributed by atoms with Gasteiger partial charge in [0.25, 0.3) is 0 Å². The molecule has 0 aliphatic carbocycles. The number of rotatable bonds is 2. The zero-order valence-corrected chi connectivity index (χ0v) is 12.9. The molecule has 0 amide bonds. The van der Waals surface area contributed by atoms with E-state index in [0.29, 0.717) is 12.1 Å². The van der Waals surface area contributed by atoms with Crippen LogP contribution in [-0.2, 0) is 20.0 Å². The Balaban J connectivity index is 1.66. The van der Waals surface area contributed by atoms with Gasteiger partial charge in [-0.05, 0) is 26.7 Å². The van der Waals surface area contributed by atoms with Crippen LogP contribution in [0.2, 0.25) is 0 Å². The van der Waals surface area contributed by atoms with Crippen molar-refractivity contribution < 1.29 is 0 Å². The van der Waals surface area contributed by atoms with E-state index in [-0.39, 0.29) is 0 Å². The van der Waals surface area contributed by atoms with Gasteiger partial charge in [0.1, 0.15) is 5.82 Å². The highest BCUT2D eigenvalue weighted by Crippen LogP contribution is 2.43. The Hall–Kier alpha value is -1.75. The molecule has 2 atom stereocenters. The molecule has 110 valence electrons. The molecule has 2 aliphatic heterocycles. The van der Waals surface area contributed by atoms with Crippen LogP contribution in [0.3, 0.4) is 0 Å². The number of aromatic nitrogens is 4. The van der Waals surface area contributed by atoms with Crippen LogP contribution >= 0.6 is 0 Å². The molecule has 1 saturated heterocycles. The molecular formula is C16H21N5. The lowest BCUT2D eigenvalue weighted by atomic mass is 9.98. The topological polar surface area (TPSA) is 46.8 Å². The lowest BCUT2D eigenvalue weighted by Gasteiger charge is -2.35. The number of aryl methyl sites for hydroxylation is 3. The number of nitrogens with zero attached hydrogens (tertiary/aromatic N) is 5. The van der Waals surface area contributed by atoms with Gasteiger partial charge in [0.15, 0.2) is 0 Å². The molecule has 2 aromatic heterocycles. The Morgan fingerprint density at radius 3 is 2.90 bits per heavy atom. The summed E-state index contributed by atoms with van der Waals surface area (Å²) in [5.74, 6) is 0.893. The zero-order valence-electron chi connectivity index (χ0n) is 12.9. The lowest BCUT2D eigenvalue weighted by Crippen LogP contribution is -2.37. The summed E-state index contributed by atoms with van der Waals surface area (Å²) in [5, 5.41) is 4.47. The van der Waals surface area contributed by atoms with Gasteiger partial charge in [-0.3, -0.25) is 9.58 Å². The van der Waals surface area contributed by atoms with Crippen molar-refractivity contribution in [2.45, 2.75) is 51.7 Å². The first-order chi connectivity index (χ1) is 10.1. The molecule has 5 nitrogen and oxygen atoms in total. The monoisotopic (exact) mass is 283 g/mol. The van der Waals surface area contributed by atoms with E-state index >= 15 is 0 Å². The second kappa shape index (κ2) is 4.63. The first-order valence-electron chi connectivity index (χ1n) is 7.69. The molecule has 0 saturated carbocycles. The summed E-state index contributed by atoms with van der Waals surface area (Å²) in [7, 11) is 1.99. The van der Waals surface area contributed by atoms with E-state index in [2.05, 4.69) is 33.1 Å². The number of hydrogen-bond donors (Lipinski definition) is 0. The van der Waals surface area contributed by atoms with Crippen molar-refractivity contribution in [2.24, 2.45) is 7.05 Å². The van der Waals surface area contributed by atoms with Crippen LogP contribution in [0.1, 0.15) is 47.2 Å². The van der Waals surface area contributed by atoms with Crippen LogP contribution in [0.5, 0.6) is 0 Å². The highest BCUT2D eigenvalue weighted by atomic mass is 15.3. The van der Waals surface area contributed by atoms with E-state index < -0.39 is 0 Å². The maximum atomic E-state index is 4.66. The van der Waals surface area contributed by atoms with E-state index in [0.717, 1.165) is 24.5 Å². The van der Waals surface area contributed by atoms with Gasteiger partial charge in [0.05, 0.1) is 11.4 Å². The lowest BCUT2D eigenvalue weighted by molar-refractivity contribution is 0.165. The first-order valence-corrected chi connectivity index (χ1v) is 7.69. The third-order valence-corrected chi connectivity index (χ3v) is 4.92. The highest BCUT2D eigenvalue weighted by Gasteiger charge is 2.40. The summed E-state index contributed by atoms with van der Waals surface area (Å²) in [4.78, 5) is 11.7. The highest BCUT2D eigenvalue weighted by molar-refractivity contribution is 5.29. The fourth-order valence-electron chi connectivity index (χ4n) is 3.92. The number of hydrogen-bond acceptors (Lipinski definition) is 4. The van der Waals surface area contributed by atoms with E-state index in [4.69, 9.17) is 0 Å². The Morgan fingerprint density at radius 2 is 2.14 bits per heavy atom. The van der Waals surface area contributed by atoms with Crippen molar-refractivity contribution in [2.75, 3.05) is 0 Å². The predicted molar refractivity (Wildman–Crippen MR) is 79.7 cm³/mol. The summed E-state index contributed by atoms with van der Waals surface area (Å²) < 4.78 is 1.91. The smallest absolute Gasteiger partial charge is 0.125 e. The molecule has 5 heteroatoms. The van der Waals surface area contributed by atoms with Gasteiger partial charge < -0.3 is 0 Å². The van der Waals surface area contributed by atoms with Crippen LogP contribution in [0.15, 0.2) is 12.4 Å². The molecule has 21 heavy (non-hydrogen) atoms. The molecule has 1 fully saturated rings. The van der Waals surface area contributed by atoms with Crippen LogP contribution in [0, 0.1) is 13.8 Å². The van der Waals surface area contributed by atoms with Crippen molar-refractivity contribution in [1.29, 1.82) is 0 Å². The summed E-state index contributed by atoms with van der Waals surface area (Å²) in [6.07, 6.45) is 7.75. The Morgan fingerprint density at radius 1 is 1.29 bits per heavy atom. The fraction of sp³-hybridized carbons (Fsp3) is 0.562. The summed E-state index contributed by atoms with van der Waals surface area (Å²) >= 11 is 0. The van der Waals surface area contributed by atoms with Crippen molar-refractivity contribution in [3.05, 3.63) is 40.7 Å². The van der Waals surface area contributed by atoms with Crippen molar-refractivity contribution in [3.63, 3.8) is 0 Å². The van der Waals surface area contributed by atoms with Gasteiger partial charge >= 0.3 is 0 Å². The predicted octanol–water partition coefficient (Wildman–Crippen LogP) is 2.09. The van der Waals surface area contributed by atoms with Crippen molar-refractivity contribution in [1.82, 2.24) is 24.6 Å². The van der Waals surface area contributed by atoms with E-state index in [1.54, 1.807) is 0 Å². The molecule has 0 spiro atoms. The minimum atomic E-state index is 0.485. The Labute approximate surface area is 125 Å². The molecule has 4 heterocycles. The maximum Gasteiger partial charge on any atom is 0.125 e. The average Bonchev–Trinajstić information content (AvgIpc) is 2.89. The van der Waals surface area contributed by atoms with Crippen molar-refractivity contribution >= 4 is 0 Å². The summed E-state index contributed by atoms with van der Waals surface area (Å²) in [6, 6.07) is 1.11. The molecule has 4 rings (SSSR count). The molecule has 0 N–H and O–H groups in total. The molecule has 0 radical (unpaired) electrons. The SMILES string of the molecule is Cc1ncc2c(n1)C[C@H]1CC[C@H]2N1Cc1cn(C)nc1C. The minimum absolute atomic E-state index is 0.485. The second-order valence-electron chi connectivity index (χ2n) is 6.36. The zero-order chi connectivity index (χ0) is 14.6.